The molecule has 4 heterocycles. The summed E-state index contributed by atoms with van der Waals surface area (Å²) >= 11 is 0. The first-order valence-electron chi connectivity index (χ1n) is 15.1. The van der Waals surface area contributed by atoms with E-state index in [1.54, 1.807) is 0 Å². The fourth-order valence-electron chi connectivity index (χ4n) is 6.13. The second kappa shape index (κ2) is 10.6. The van der Waals surface area contributed by atoms with Crippen LogP contribution in [0.1, 0.15) is 0 Å². The maximum absolute atomic E-state index is 6.40. The molecule has 0 saturated carbocycles. The molecule has 0 amide bonds. The van der Waals surface area contributed by atoms with Crippen LogP contribution in [0.25, 0.3) is 84.1 Å². The Morgan fingerprint density at radius 1 is 0.457 bits per heavy atom. The van der Waals surface area contributed by atoms with Gasteiger partial charge >= 0.3 is 0 Å². The topological polar surface area (TPSA) is 69.1 Å². The van der Waals surface area contributed by atoms with Crippen molar-refractivity contribution in [2.24, 2.45) is 0 Å². The summed E-state index contributed by atoms with van der Waals surface area (Å²) in [7, 11) is 0. The van der Waals surface area contributed by atoms with Crippen LogP contribution in [0.3, 0.4) is 0 Å². The monoisotopic (exact) mass is 591 g/mol. The molecule has 0 bridgehead atoms. The van der Waals surface area contributed by atoms with Crippen molar-refractivity contribution in [3.05, 3.63) is 152 Å². The van der Waals surface area contributed by atoms with E-state index in [0.717, 1.165) is 66.7 Å². The van der Waals surface area contributed by atoms with Crippen LogP contribution in [-0.4, -0.2) is 24.3 Å². The summed E-state index contributed by atoms with van der Waals surface area (Å²) in [5.41, 5.74) is 9.40. The Morgan fingerprint density at radius 2 is 1.11 bits per heavy atom. The minimum Gasteiger partial charge on any atom is -0.456 e. The lowest BCUT2D eigenvalue weighted by molar-refractivity contribution is 0.669. The lowest BCUT2D eigenvalue weighted by atomic mass is 9.96. The third kappa shape index (κ3) is 4.43. The van der Waals surface area contributed by atoms with Gasteiger partial charge in [-0.25, -0.2) is 19.9 Å². The van der Waals surface area contributed by atoms with Gasteiger partial charge in [0.1, 0.15) is 16.8 Å². The van der Waals surface area contributed by atoms with Crippen LogP contribution in [-0.2, 0) is 0 Å². The number of benzene rings is 5. The average molecular weight is 592 g/mol. The minimum absolute atomic E-state index is 0.594. The zero-order valence-electron chi connectivity index (χ0n) is 24.6. The SMILES string of the molecule is c1ccc(-c2nc(-c3ccccc3)nc(-c3cccc4oc5ccc(-c6ccccc6-c6cn7ccccc7n6)cc5c34)n2)cc1. The Balaban J connectivity index is 1.25. The molecule has 0 aliphatic rings. The molecule has 9 rings (SSSR count). The highest BCUT2D eigenvalue weighted by Crippen LogP contribution is 2.40. The first-order valence-corrected chi connectivity index (χ1v) is 15.1. The van der Waals surface area contributed by atoms with Crippen LogP contribution in [0, 0.1) is 0 Å². The van der Waals surface area contributed by atoms with E-state index in [2.05, 4.69) is 48.7 Å². The highest BCUT2D eigenvalue weighted by Gasteiger charge is 2.19. The number of hydrogen-bond donors (Lipinski definition) is 0. The van der Waals surface area contributed by atoms with E-state index in [-0.39, 0.29) is 0 Å². The van der Waals surface area contributed by atoms with E-state index in [0.29, 0.717) is 17.5 Å². The Kier molecular flexibility index (Phi) is 6.03. The van der Waals surface area contributed by atoms with Crippen molar-refractivity contribution in [1.29, 1.82) is 0 Å². The first kappa shape index (κ1) is 26.0. The average Bonchev–Trinajstić information content (AvgIpc) is 3.74. The van der Waals surface area contributed by atoms with Crippen LogP contribution >= 0.6 is 0 Å². The Hall–Kier alpha value is -6.40. The number of fused-ring (bicyclic) bond motifs is 4. The van der Waals surface area contributed by atoms with E-state index in [4.69, 9.17) is 24.4 Å². The van der Waals surface area contributed by atoms with Gasteiger partial charge in [-0.1, -0.05) is 109 Å². The van der Waals surface area contributed by atoms with Gasteiger partial charge < -0.3 is 8.82 Å². The third-order valence-electron chi connectivity index (χ3n) is 8.31. The van der Waals surface area contributed by atoms with Gasteiger partial charge in [-0.15, -0.1) is 0 Å². The van der Waals surface area contributed by atoms with Crippen molar-refractivity contribution in [2.45, 2.75) is 0 Å². The molecular weight excluding hydrogens is 566 g/mol. The summed E-state index contributed by atoms with van der Waals surface area (Å²) < 4.78 is 8.45. The molecule has 0 fully saturated rings. The number of hydrogen-bond acceptors (Lipinski definition) is 5. The molecule has 6 heteroatoms. The number of aromatic nitrogens is 5. The second-order valence-corrected chi connectivity index (χ2v) is 11.2. The highest BCUT2D eigenvalue weighted by atomic mass is 16.3. The van der Waals surface area contributed by atoms with Gasteiger partial charge in [-0.05, 0) is 41.5 Å². The molecule has 4 aromatic heterocycles. The fraction of sp³-hybridized carbons (Fsp3) is 0. The zero-order chi connectivity index (χ0) is 30.5. The highest BCUT2D eigenvalue weighted by molar-refractivity contribution is 6.13. The molecule has 0 radical (unpaired) electrons. The molecule has 0 N–H and O–H groups in total. The molecule has 0 atom stereocenters. The van der Waals surface area contributed by atoms with E-state index in [9.17, 15) is 0 Å². The quantitative estimate of drug-likeness (QED) is 0.199. The van der Waals surface area contributed by atoms with Crippen molar-refractivity contribution in [3.8, 4) is 56.5 Å². The van der Waals surface area contributed by atoms with Crippen LogP contribution in [0.5, 0.6) is 0 Å². The van der Waals surface area contributed by atoms with Crippen molar-refractivity contribution >= 4 is 27.6 Å². The molecule has 0 aliphatic heterocycles. The molecule has 9 aromatic rings. The molecule has 6 nitrogen and oxygen atoms in total. The Labute approximate surface area is 264 Å². The lowest BCUT2D eigenvalue weighted by Crippen LogP contribution is -2.00. The molecule has 0 aliphatic carbocycles. The maximum atomic E-state index is 6.40. The van der Waals surface area contributed by atoms with Gasteiger partial charge in [0.05, 0.1) is 5.69 Å². The van der Waals surface area contributed by atoms with Crippen molar-refractivity contribution in [1.82, 2.24) is 24.3 Å². The second-order valence-electron chi connectivity index (χ2n) is 11.2. The summed E-state index contributed by atoms with van der Waals surface area (Å²) in [5, 5.41) is 1.96. The Morgan fingerprint density at radius 3 is 1.85 bits per heavy atom. The largest absolute Gasteiger partial charge is 0.456 e. The normalized spacial score (nSPS) is 11.5. The van der Waals surface area contributed by atoms with Crippen molar-refractivity contribution < 1.29 is 4.42 Å². The van der Waals surface area contributed by atoms with Crippen LogP contribution in [0.2, 0.25) is 0 Å². The molecule has 46 heavy (non-hydrogen) atoms. The molecule has 0 spiro atoms. The molecule has 0 unspecified atom stereocenters. The third-order valence-corrected chi connectivity index (χ3v) is 8.31. The predicted molar refractivity (Wildman–Crippen MR) is 183 cm³/mol. The molecule has 216 valence electrons. The van der Waals surface area contributed by atoms with E-state index < -0.39 is 0 Å². The number of rotatable bonds is 5. The Bertz CT molecular complexity index is 2440. The van der Waals surface area contributed by atoms with Gasteiger partial charge in [0.25, 0.3) is 0 Å². The van der Waals surface area contributed by atoms with Gasteiger partial charge in [0, 0.05) is 45.4 Å². The summed E-state index contributed by atoms with van der Waals surface area (Å²) in [6.45, 7) is 0. The summed E-state index contributed by atoms with van der Waals surface area (Å²) in [5.74, 6) is 1.84. The van der Waals surface area contributed by atoms with Crippen LogP contribution in [0.15, 0.2) is 156 Å². The molecular formula is C40H25N5O. The van der Waals surface area contributed by atoms with Crippen LogP contribution in [0.4, 0.5) is 0 Å². The number of imidazole rings is 1. The van der Waals surface area contributed by atoms with Crippen molar-refractivity contribution in [2.75, 3.05) is 0 Å². The van der Waals surface area contributed by atoms with Crippen molar-refractivity contribution in [3.63, 3.8) is 0 Å². The van der Waals surface area contributed by atoms with Gasteiger partial charge in [-0.2, -0.15) is 0 Å². The summed E-state index contributed by atoms with van der Waals surface area (Å²) in [6, 6.07) is 46.9. The first-order chi connectivity index (χ1) is 22.8. The van der Waals surface area contributed by atoms with E-state index >= 15 is 0 Å². The number of furan rings is 1. The number of nitrogens with zero attached hydrogens (tertiary/aromatic N) is 5. The van der Waals surface area contributed by atoms with E-state index in [1.165, 1.54) is 0 Å². The summed E-state index contributed by atoms with van der Waals surface area (Å²) in [4.78, 5) is 19.8. The van der Waals surface area contributed by atoms with E-state index in [1.807, 2.05) is 108 Å². The molecule has 0 saturated heterocycles. The molecule has 5 aromatic carbocycles. The lowest BCUT2D eigenvalue weighted by Gasteiger charge is -2.10. The fourth-order valence-corrected chi connectivity index (χ4v) is 6.13. The minimum atomic E-state index is 0.594. The maximum Gasteiger partial charge on any atom is 0.164 e. The zero-order valence-corrected chi connectivity index (χ0v) is 24.6. The summed E-state index contributed by atoms with van der Waals surface area (Å²) in [6.07, 6.45) is 4.10. The van der Waals surface area contributed by atoms with Gasteiger partial charge in [-0.3, -0.25) is 0 Å². The predicted octanol–water partition coefficient (Wildman–Crippen LogP) is 9.75. The smallest absolute Gasteiger partial charge is 0.164 e. The van der Waals surface area contributed by atoms with Gasteiger partial charge in [0.2, 0.25) is 0 Å². The van der Waals surface area contributed by atoms with Crippen LogP contribution < -0.4 is 0 Å². The van der Waals surface area contributed by atoms with Gasteiger partial charge in [0.15, 0.2) is 17.5 Å². The standard InChI is InChI=1S/C40H25N5O/c1-3-12-26(13-4-1)38-42-39(27-14-5-2-6-15-27)44-40(43-38)31-18-11-19-35-37(31)32-24-28(21-22-34(32)46-35)29-16-7-8-17-30(29)33-25-45-23-10-9-20-36(45)41-33/h1-25H. The number of pyridine rings is 1.